The standard InChI is InChI=1S/C3H4O2S/c4-3-1-5-2-6-3/h1-2H2. The van der Waals surface area contributed by atoms with E-state index in [1.807, 2.05) is 0 Å². The highest BCUT2D eigenvalue weighted by Crippen LogP contribution is 2.09. The minimum Gasteiger partial charge on any atom is -0.362 e. The molecule has 3 heteroatoms. The minimum absolute atomic E-state index is 0.148. The van der Waals surface area contributed by atoms with Crippen LogP contribution in [0.4, 0.5) is 0 Å². The van der Waals surface area contributed by atoms with E-state index in [4.69, 9.17) is 0 Å². The van der Waals surface area contributed by atoms with E-state index < -0.39 is 0 Å². The van der Waals surface area contributed by atoms with Gasteiger partial charge in [-0.05, 0) is 0 Å². The quantitative estimate of drug-likeness (QED) is 0.440. The molecule has 1 heterocycles. The largest absolute Gasteiger partial charge is 0.362 e. The number of thioether (sulfide) groups is 1. The lowest BCUT2D eigenvalue weighted by atomic mass is 10.8. The molecule has 0 atom stereocenters. The molecule has 1 rings (SSSR count). The molecule has 0 aliphatic carbocycles. The molecule has 1 fully saturated rings. The zero-order valence-corrected chi connectivity index (χ0v) is 3.96. The molecule has 0 aromatic rings. The predicted molar refractivity (Wildman–Crippen MR) is 23.4 cm³/mol. The van der Waals surface area contributed by atoms with Crippen LogP contribution < -0.4 is 0 Å². The van der Waals surface area contributed by atoms with Crippen LogP contribution in [0.5, 0.6) is 0 Å². The van der Waals surface area contributed by atoms with E-state index in [-0.39, 0.29) is 5.12 Å². The molecule has 0 bridgehead atoms. The molecule has 0 unspecified atom stereocenters. The Morgan fingerprint density at radius 1 is 1.83 bits per heavy atom. The molecule has 0 aromatic carbocycles. The van der Waals surface area contributed by atoms with Gasteiger partial charge in [0.05, 0.1) is 0 Å². The van der Waals surface area contributed by atoms with Crippen LogP contribution in [0.1, 0.15) is 0 Å². The lowest BCUT2D eigenvalue weighted by Crippen LogP contribution is -1.88. The number of ether oxygens (including phenoxy) is 1. The Hall–Kier alpha value is -0.0200. The number of carbonyl (C=O) groups excluding carboxylic acids is 1. The summed E-state index contributed by atoms with van der Waals surface area (Å²) in [5.41, 5.74) is 0. The summed E-state index contributed by atoms with van der Waals surface area (Å²) in [6.07, 6.45) is 0. The van der Waals surface area contributed by atoms with Gasteiger partial charge in [0, 0.05) is 0 Å². The fraction of sp³-hybridized carbons (Fsp3) is 0.667. The van der Waals surface area contributed by atoms with Crippen molar-refractivity contribution in [1.82, 2.24) is 0 Å². The molecule has 0 radical (unpaired) electrons. The smallest absolute Gasteiger partial charge is 0.216 e. The van der Waals surface area contributed by atoms with Gasteiger partial charge in [-0.1, -0.05) is 11.8 Å². The molecular formula is C3H4O2S. The summed E-state index contributed by atoms with van der Waals surface area (Å²) in [7, 11) is 0. The summed E-state index contributed by atoms with van der Waals surface area (Å²) in [4.78, 5) is 10.1. The molecule has 0 spiro atoms. The third kappa shape index (κ3) is 0.725. The highest BCUT2D eigenvalue weighted by molar-refractivity contribution is 8.13. The normalized spacial score (nSPS) is 22.3. The second kappa shape index (κ2) is 1.62. The van der Waals surface area contributed by atoms with Crippen LogP contribution in [0.25, 0.3) is 0 Å². The SMILES string of the molecule is O=C1COCS1. The Bertz CT molecular complexity index is 63.2. The molecular weight excluding hydrogens is 100 g/mol. The molecule has 6 heavy (non-hydrogen) atoms. The fourth-order valence-electron chi connectivity index (χ4n) is 0.274. The van der Waals surface area contributed by atoms with E-state index in [9.17, 15) is 4.79 Å². The fourth-order valence-corrected chi connectivity index (χ4v) is 0.739. The third-order valence-corrected chi connectivity index (χ3v) is 1.25. The van der Waals surface area contributed by atoms with Gasteiger partial charge in [-0.3, -0.25) is 4.79 Å². The van der Waals surface area contributed by atoms with Crippen molar-refractivity contribution in [3.05, 3.63) is 0 Å². The summed E-state index contributed by atoms with van der Waals surface area (Å²) in [6, 6.07) is 0. The maximum Gasteiger partial charge on any atom is 0.216 e. The molecule has 1 aliphatic rings. The van der Waals surface area contributed by atoms with Gasteiger partial charge in [0.15, 0.2) is 0 Å². The van der Waals surface area contributed by atoms with Crippen molar-refractivity contribution in [3.8, 4) is 0 Å². The van der Waals surface area contributed by atoms with Crippen molar-refractivity contribution in [2.45, 2.75) is 0 Å². The van der Waals surface area contributed by atoms with E-state index in [1.165, 1.54) is 11.8 Å². The Balaban J connectivity index is 2.37. The number of carbonyl (C=O) groups is 1. The van der Waals surface area contributed by atoms with Crippen LogP contribution in [0.15, 0.2) is 0 Å². The van der Waals surface area contributed by atoms with Crippen molar-refractivity contribution >= 4 is 16.9 Å². The Kier molecular flexibility index (Phi) is 1.12. The van der Waals surface area contributed by atoms with E-state index in [2.05, 4.69) is 4.74 Å². The van der Waals surface area contributed by atoms with Gasteiger partial charge in [-0.15, -0.1) is 0 Å². The van der Waals surface area contributed by atoms with Crippen LogP contribution in [-0.4, -0.2) is 17.7 Å². The molecule has 1 saturated heterocycles. The third-order valence-electron chi connectivity index (χ3n) is 0.523. The number of hydrogen-bond acceptors (Lipinski definition) is 3. The molecule has 34 valence electrons. The first-order chi connectivity index (χ1) is 2.89. The van der Waals surface area contributed by atoms with Gasteiger partial charge in [-0.2, -0.15) is 0 Å². The molecule has 0 amide bonds. The summed E-state index contributed by atoms with van der Waals surface area (Å²) in [6.45, 7) is 0.310. The minimum atomic E-state index is 0.148. The first-order valence-corrected chi connectivity index (χ1v) is 2.61. The van der Waals surface area contributed by atoms with Crippen LogP contribution in [0, 0.1) is 0 Å². The average Bonchev–Trinajstić information content (AvgIpc) is 1.86. The molecule has 0 aromatic heterocycles. The zero-order valence-electron chi connectivity index (χ0n) is 3.14. The van der Waals surface area contributed by atoms with Crippen molar-refractivity contribution in [2.75, 3.05) is 12.5 Å². The predicted octanol–water partition coefficient (Wildman–Crippen LogP) is 0.234. The van der Waals surface area contributed by atoms with Gasteiger partial charge in [0.2, 0.25) is 5.12 Å². The second-order valence-electron chi connectivity index (χ2n) is 0.983. The van der Waals surface area contributed by atoms with Crippen molar-refractivity contribution < 1.29 is 9.53 Å². The topological polar surface area (TPSA) is 26.3 Å². The van der Waals surface area contributed by atoms with Gasteiger partial charge >= 0.3 is 0 Å². The van der Waals surface area contributed by atoms with Crippen molar-refractivity contribution in [3.63, 3.8) is 0 Å². The van der Waals surface area contributed by atoms with Gasteiger partial charge < -0.3 is 4.74 Å². The second-order valence-corrected chi connectivity index (χ2v) is 1.96. The maximum absolute atomic E-state index is 10.1. The van der Waals surface area contributed by atoms with E-state index in [1.54, 1.807) is 0 Å². The van der Waals surface area contributed by atoms with Crippen LogP contribution in [0.2, 0.25) is 0 Å². The summed E-state index contributed by atoms with van der Waals surface area (Å²) in [5, 5.41) is 0.148. The summed E-state index contributed by atoms with van der Waals surface area (Å²) in [5.74, 6) is 0.554. The maximum atomic E-state index is 10.1. The van der Waals surface area contributed by atoms with Gasteiger partial charge in [0.1, 0.15) is 12.5 Å². The van der Waals surface area contributed by atoms with Crippen LogP contribution in [0.3, 0.4) is 0 Å². The molecule has 2 nitrogen and oxygen atoms in total. The molecule has 1 aliphatic heterocycles. The first kappa shape index (κ1) is 4.15. The Morgan fingerprint density at radius 2 is 2.67 bits per heavy atom. The van der Waals surface area contributed by atoms with Gasteiger partial charge in [0.25, 0.3) is 0 Å². The van der Waals surface area contributed by atoms with E-state index >= 15 is 0 Å². The lowest BCUT2D eigenvalue weighted by Gasteiger charge is -1.73. The Labute approximate surface area is 39.9 Å². The molecule has 0 saturated carbocycles. The number of hydrogen-bond donors (Lipinski definition) is 0. The highest BCUT2D eigenvalue weighted by Gasteiger charge is 2.08. The van der Waals surface area contributed by atoms with E-state index in [0.29, 0.717) is 12.5 Å². The zero-order chi connectivity index (χ0) is 4.41. The van der Waals surface area contributed by atoms with Crippen molar-refractivity contribution in [1.29, 1.82) is 0 Å². The summed E-state index contributed by atoms with van der Waals surface area (Å²) >= 11 is 1.24. The lowest BCUT2D eigenvalue weighted by molar-refractivity contribution is -0.112. The highest BCUT2D eigenvalue weighted by atomic mass is 32.2. The van der Waals surface area contributed by atoms with Crippen LogP contribution in [-0.2, 0) is 9.53 Å². The number of rotatable bonds is 0. The van der Waals surface area contributed by atoms with Gasteiger partial charge in [-0.25, -0.2) is 0 Å². The summed E-state index contributed by atoms with van der Waals surface area (Å²) < 4.78 is 4.67. The average molecular weight is 104 g/mol. The first-order valence-electron chi connectivity index (χ1n) is 1.63. The molecule has 0 N–H and O–H groups in total. The van der Waals surface area contributed by atoms with E-state index in [0.717, 1.165) is 0 Å². The van der Waals surface area contributed by atoms with Crippen LogP contribution >= 0.6 is 11.8 Å². The Morgan fingerprint density at radius 3 is 2.83 bits per heavy atom. The monoisotopic (exact) mass is 104 g/mol. The van der Waals surface area contributed by atoms with Crippen molar-refractivity contribution in [2.24, 2.45) is 0 Å².